The maximum atomic E-state index is 9.21. The fourth-order valence-corrected chi connectivity index (χ4v) is 2.06. The number of aromatic nitrogens is 2. The minimum atomic E-state index is 0.427. The van der Waals surface area contributed by atoms with Crippen LogP contribution in [0.3, 0.4) is 0 Å². The molecule has 0 aliphatic heterocycles. The lowest BCUT2D eigenvalue weighted by molar-refractivity contribution is 0.479. The van der Waals surface area contributed by atoms with Crippen LogP contribution in [0.1, 0.15) is 17.2 Å². The molecule has 0 radical (unpaired) electrons. The third-order valence-electron chi connectivity index (χ3n) is 2.98. The van der Waals surface area contributed by atoms with Crippen molar-refractivity contribution in [1.29, 1.82) is 5.26 Å². The average Bonchev–Trinajstić information content (AvgIpc) is 2.90. The van der Waals surface area contributed by atoms with Crippen LogP contribution in [-0.2, 0) is 6.54 Å². The number of pyridine rings is 1. The smallest absolute Gasteiger partial charge is 0.213 e. The third kappa shape index (κ3) is 2.19. The standard InChI is InChI=1S/C15H12N4O/c1-10-7-18-14(20-10)9-19-15-11(6-16)8-17-13-5-3-2-4-12(13)15/h2-5,7-8H,9H2,1H3,(H,17,19). The van der Waals surface area contributed by atoms with Gasteiger partial charge in [-0.3, -0.25) is 4.98 Å². The molecule has 0 unspecified atom stereocenters. The van der Waals surface area contributed by atoms with Crippen molar-refractivity contribution in [3.8, 4) is 6.07 Å². The molecule has 0 amide bonds. The SMILES string of the molecule is Cc1cnc(CNc2c(C#N)cnc3ccccc23)o1. The first-order valence-electron chi connectivity index (χ1n) is 6.21. The summed E-state index contributed by atoms with van der Waals surface area (Å²) in [6, 6.07) is 9.85. The normalized spacial score (nSPS) is 10.4. The largest absolute Gasteiger partial charge is 0.444 e. The van der Waals surface area contributed by atoms with E-state index in [1.54, 1.807) is 12.4 Å². The summed E-state index contributed by atoms with van der Waals surface area (Å²) in [4.78, 5) is 8.41. The minimum absolute atomic E-state index is 0.427. The van der Waals surface area contributed by atoms with E-state index in [0.717, 1.165) is 22.4 Å². The Hall–Kier alpha value is -2.87. The van der Waals surface area contributed by atoms with E-state index in [0.29, 0.717) is 18.0 Å². The molecule has 2 aromatic heterocycles. The van der Waals surface area contributed by atoms with Crippen LogP contribution in [0.25, 0.3) is 10.9 Å². The Morgan fingerprint density at radius 2 is 2.10 bits per heavy atom. The first-order chi connectivity index (χ1) is 9.78. The van der Waals surface area contributed by atoms with E-state index in [4.69, 9.17) is 4.42 Å². The van der Waals surface area contributed by atoms with Gasteiger partial charge in [0.15, 0.2) is 0 Å². The molecular weight excluding hydrogens is 252 g/mol. The number of hydrogen-bond acceptors (Lipinski definition) is 5. The van der Waals surface area contributed by atoms with Gasteiger partial charge in [-0.1, -0.05) is 18.2 Å². The molecule has 1 aromatic carbocycles. The topological polar surface area (TPSA) is 74.7 Å². The molecule has 0 spiro atoms. The highest BCUT2D eigenvalue weighted by atomic mass is 16.4. The summed E-state index contributed by atoms with van der Waals surface area (Å²) in [5, 5.41) is 13.3. The number of rotatable bonds is 3. The summed E-state index contributed by atoms with van der Waals surface area (Å²) in [5.41, 5.74) is 2.11. The number of anilines is 1. The maximum absolute atomic E-state index is 9.21. The van der Waals surface area contributed by atoms with E-state index >= 15 is 0 Å². The highest BCUT2D eigenvalue weighted by Gasteiger charge is 2.09. The third-order valence-corrected chi connectivity index (χ3v) is 2.98. The average molecular weight is 264 g/mol. The number of benzene rings is 1. The Kier molecular flexibility index (Phi) is 3.05. The van der Waals surface area contributed by atoms with Crippen LogP contribution in [0.5, 0.6) is 0 Å². The number of nitriles is 1. The lowest BCUT2D eigenvalue weighted by Crippen LogP contribution is -2.03. The number of aryl methyl sites for hydroxylation is 1. The second-order valence-corrected chi connectivity index (χ2v) is 4.39. The molecule has 0 atom stereocenters. The van der Waals surface area contributed by atoms with Gasteiger partial charge in [-0.2, -0.15) is 5.26 Å². The second kappa shape index (κ2) is 5.02. The predicted octanol–water partition coefficient (Wildman–Crippen LogP) is 3.02. The Bertz CT molecular complexity index is 801. The monoisotopic (exact) mass is 264 g/mol. The van der Waals surface area contributed by atoms with Crippen LogP contribution in [-0.4, -0.2) is 9.97 Å². The summed E-state index contributed by atoms with van der Waals surface area (Å²) in [7, 11) is 0. The Labute approximate surface area is 115 Å². The summed E-state index contributed by atoms with van der Waals surface area (Å²) < 4.78 is 5.42. The summed E-state index contributed by atoms with van der Waals surface area (Å²) in [6.45, 7) is 2.27. The molecule has 98 valence electrons. The molecule has 20 heavy (non-hydrogen) atoms. The van der Waals surface area contributed by atoms with Gasteiger partial charge in [-0.05, 0) is 13.0 Å². The van der Waals surface area contributed by atoms with Crippen LogP contribution in [0.15, 0.2) is 41.1 Å². The van der Waals surface area contributed by atoms with Crippen molar-refractivity contribution in [1.82, 2.24) is 9.97 Å². The van der Waals surface area contributed by atoms with Crippen LogP contribution >= 0.6 is 0 Å². The number of oxazole rings is 1. The van der Waals surface area contributed by atoms with Crippen molar-refractivity contribution >= 4 is 16.6 Å². The van der Waals surface area contributed by atoms with Crippen LogP contribution in [0, 0.1) is 18.3 Å². The number of para-hydroxylation sites is 1. The molecule has 0 bridgehead atoms. The van der Waals surface area contributed by atoms with Gasteiger partial charge in [0, 0.05) is 11.6 Å². The van der Waals surface area contributed by atoms with Crippen molar-refractivity contribution in [2.75, 3.05) is 5.32 Å². The van der Waals surface area contributed by atoms with Crippen molar-refractivity contribution in [3.63, 3.8) is 0 Å². The number of nitrogens with one attached hydrogen (secondary N) is 1. The van der Waals surface area contributed by atoms with E-state index in [1.807, 2.05) is 31.2 Å². The first-order valence-corrected chi connectivity index (χ1v) is 6.21. The van der Waals surface area contributed by atoms with E-state index in [1.165, 1.54) is 0 Å². The van der Waals surface area contributed by atoms with Crippen LogP contribution in [0.4, 0.5) is 5.69 Å². The van der Waals surface area contributed by atoms with Gasteiger partial charge in [0.05, 0.1) is 29.5 Å². The minimum Gasteiger partial charge on any atom is -0.444 e. The van der Waals surface area contributed by atoms with Gasteiger partial charge in [0.2, 0.25) is 5.89 Å². The number of nitrogens with zero attached hydrogens (tertiary/aromatic N) is 3. The van der Waals surface area contributed by atoms with Crippen molar-refractivity contribution in [2.45, 2.75) is 13.5 Å². The molecule has 2 heterocycles. The molecule has 0 saturated heterocycles. The molecular formula is C15H12N4O. The molecule has 1 N–H and O–H groups in total. The van der Waals surface area contributed by atoms with Crippen LogP contribution < -0.4 is 5.32 Å². The second-order valence-electron chi connectivity index (χ2n) is 4.39. The molecule has 3 aromatic rings. The number of fused-ring (bicyclic) bond motifs is 1. The fourth-order valence-electron chi connectivity index (χ4n) is 2.06. The Morgan fingerprint density at radius 3 is 2.85 bits per heavy atom. The lowest BCUT2D eigenvalue weighted by atomic mass is 10.1. The summed E-state index contributed by atoms with van der Waals surface area (Å²) >= 11 is 0. The molecule has 5 heteroatoms. The predicted molar refractivity (Wildman–Crippen MR) is 75.0 cm³/mol. The van der Waals surface area contributed by atoms with E-state index in [-0.39, 0.29) is 0 Å². The first kappa shape index (κ1) is 12.2. The highest BCUT2D eigenvalue weighted by molar-refractivity contribution is 5.93. The molecule has 5 nitrogen and oxygen atoms in total. The van der Waals surface area contributed by atoms with Gasteiger partial charge in [0.25, 0.3) is 0 Å². The fraction of sp³-hybridized carbons (Fsp3) is 0.133. The zero-order chi connectivity index (χ0) is 13.9. The van der Waals surface area contributed by atoms with Gasteiger partial charge >= 0.3 is 0 Å². The van der Waals surface area contributed by atoms with Gasteiger partial charge < -0.3 is 9.73 Å². The molecule has 0 fully saturated rings. The highest BCUT2D eigenvalue weighted by Crippen LogP contribution is 2.25. The molecule has 0 aliphatic carbocycles. The van der Waals surface area contributed by atoms with Gasteiger partial charge in [0.1, 0.15) is 11.8 Å². The Morgan fingerprint density at radius 1 is 1.25 bits per heavy atom. The zero-order valence-electron chi connectivity index (χ0n) is 10.9. The van der Waals surface area contributed by atoms with Gasteiger partial charge in [-0.15, -0.1) is 0 Å². The van der Waals surface area contributed by atoms with E-state index in [2.05, 4.69) is 21.4 Å². The maximum Gasteiger partial charge on any atom is 0.213 e. The van der Waals surface area contributed by atoms with Crippen molar-refractivity contribution < 1.29 is 4.42 Å². The quantitative estimate of drug-likeness (QED) is 0.787. The Balaban J connectivity index is 1.98. The van der Waals surface area contributed by atoms with E-state index < -0.39 is 0 Å². The van der Waals surface area contributed by atoms with Gasteiger partial charge in [-0.25, -0.2) is 4.98 Å². The summed E-state index contributed by atoms with van der Waals surface area (Å²) in [5.74, 6) is 1.36. The molecule has 0 saturated carbocycles. The van der Waals surface area contributed by atoms with Crippen molar-refractivity contribution in [3.05, 3.63) is 53.9 Å². The number of hydrogen-bond donors (Lipinski definition) is 1. The lowest BCUT2D eigenvalue weighted by Gasteiger charge is -2.09. The van der Waals surface area contributed by atoms with Crippen molar-refractivity contribution in [2.24, 2.45) is 0 Å². The van der Waals surface area contributed by atoms with E-state index in [9.17, 15) is 5.26 Å². The summed E-state index contributed by atoms with van der Waals surface area (Å²) in [6.07, 6.45) is 3.25. The van der Waals surface area contributed by atoms with Crippen LogP contribution in [0.2, 0.25) is 0 Å². The molecule has 0 aliphatic rings. The molecule has 3 rings (SSSR count). The zero-order valence-corrected chi connectivity index (χ0v) is 10.9.